The molecule has 1 aromatic rings. The molecule has 16 heavy (non-hydrogen) atoms. The Bertz CT molecular complexity index is 352. The van der Waals surface area contributed by atoms with Gasteiger partial charge < -0.3 is 9.84 Å². The molecule has 0 aliphatic rings. The molecule has 0 spiro atoms. The van der Waals surface area contributed by atoms with Crippen LogP contribution >= 0.6 is 0 Å². The van der Waals surface area contributed by atoms with Crippen LogP contribution in [0.1, 0.15) is 32.9 Å². The van der Waals surface area contributed by atoms with E-state index in [1.54, 1.807) is 33.0 Å². The highest BCUT2D eigenvalue weighted by Gasteiger charge is 2.18. The van der Waals surface area contributed by atoms with Gasteiger partial charge in [-0.2, -0.15) is 9.78 Å². The van der Waals surface area contributed by atoms with Crippen LogP contribution in [-0.4, -0.2) is 33.2 Å². The number of aryl methyl sites for hydroxylation is 1. The SMILES string of the molecule is CC(C)(C)OC(=O)n1ccc(CCCO)n1. The fourth-order valence-corrected chi connectivity index (χ4v) is 1.17. The minimum Gasteiger partial charge on any atom is -0.442 e. The molecule has 5 nitrogen and oxygen atoms in total. The normalized spacial score (nSPS) is 11.5. The predicted molar refractivity (Wildman–Crippen MR) is 59.3 cm³/mol. The maximum atomic E-state index is 11.6. The van der Waals surface area contributed by atoms with E-state index in [1.807, 2.05) is 0 Å². The molecule has 0 unspecified atom stereocenters. The highest BCUT2D eigenvalue weighted by Crippen LogP contribution is 2.09. The summed E-state index contributed by atoms with van der Waals surface area (Å²) in [5.74, 6) is 0. The molecular formula is C11H18N2O3. The molecule has 0 aromatic carbocycles. The molecule has 0 amide bonds. The van der Waals surface area contributed by atoms with Gasteiger partial charge in [0.25, 0.3) is 0 Å². The minimum absolute atomic E-state index is 0.124. The first-order chi connectivity index (χ1) is 7.42. The van der Waals surface area contributed by atoms with Crippen molar-refractivity contribution in [3.63, 3.8) is 0 Å². The molecule has 0 saturated heterocycles. The number of hydrogen-bond donors (Lipinski definition) is 1. The Balaban J connectivity index is 2.60. The summed E-state index contributed by atoms with van der Waals surface area (Å²) in [5, 5.41) is 12.7. The third kappa shape index (κ3) is 4.02. The van der Waals surface area contributed by atoms with Crippen LogP contribution in [0.5, 0.6) is 0 Å². The zero-order chi connectivity index (χ0) is 12.2. The third-order valence-electron chi connectivity index (χ3n) is 1.82. The van der Waals surface area contributed by atoms with E-state index in [1.165, 1.54) is 4.68 Å². The number of ether oxygens (including phenoxy) is 1. The van der Waals surface area contributed by atoms with Gasteiger partial charge in [-0.15, -0.1) is 0 Å². The van der Waals surface area contributed by atoms with Crippen LogP contribution in [-0.2, 0) is 11.2 Å². The van der Waals surface area contributed by atoms with Crippen molar-refractivity contribution in [3.8, 4) is 0 Å². The lowest BCUT2D eigenvalue weighted by Crippen LogP contribution is -2.27. The van der Waals surface area contributed by atoms with Gasteiger partial charge in [0.1, 0.15) is 5.60 Å². The third-order valence-corrected chi connectivity index (χ3v) is 1.82. The second-order valence-corrected chi connectivity index (χ2v) is 4.56. The van der Waals surface area contributed by atoms with Crippen molar-refractivity contribution in [2.75, 3.05) is 6.61 Å². The number of aliphatic hydroxyl groups is 1. The summed E-state index contributed by atoms with van der Waals surface area (Å²) in [6.07, 6.45) is 2.39. The summed E-state index contributed by atoms with van der Waals surface area (Å²) in [5.41, 5.74) is 0.258. The van der Waals surface area contributed by atoms with Crippen LogP contribution in [0.4, 0.5) is 4.79 Å². The van der Waals surface area contributed by atoms with Gasteiger partial charge in [0, 0.05) is 12.8 Å². The van der Waals surface area contributed by atoms with E-state index in [0.717, 1.165) is 5.69 Å². The van der Waals surface area contributed by atoms with Gasteiger partial charge in [-0.05, 0) is 39.7 Å². The number of aromatic nitrogens is 2. The van der Waals surface area contributed by atoms with Gasteiger partial charge in [-0.3, -0.25) is 0 Å². The Hall–Kier alpha value is -1.36. The second-order valence-electron chi connectivity index (χ2n) is 4.56. The maximum absolute atomic E-state index is 11.6. The molecule has 0 fully saturated rings. The van der Waals surface area contributed by atoms with E-state index < -0.39 is 11.7 Å². The number of hydrogen-bond acceptors (Lipinski definition) is 4. The Morgan fingerprint density at radius 1 is 1.56 bits per heavy atom. The lowest BCUT2D eigenvalue weighted by Gasteiger charge is -2.18. The van der Waals surface area contributed by atoms with Crippen molar-refractivity contribution in [2.45, 2.75) is 39.2 Å². The van der Waals surface area contributed by atoms with Gasteiger partial charge in [0.2, 0.25) is 0 Å². The molecule has 5 heteroatoms. The highest BCUT2D eigenvalue weighted by atomic mass is 16.6. The molecule has 90 valence electrons. The smallest absolute Gasteiger partial charge is 0.435 e. The average molecular weight is 226 g/mol. The Morgan fingerprint density at radius 3 is 2.81 bits per heavy atom. The van der Waals surface area contributed by atoms with Crippen LogP contribution in [0.25, 0.3) is 0 Å². The zero-order valence-electron chi connectivity index (χ0n) is 9.93. The molecule has 0 radical (unpaired) electrons. The number of nitrogens with zero attached hydrogens (tertiary/aromatic N) is 2. The number of carbonyl (C=O) groups is 1. The zero-order valence-corrected chi connectivity index (χ0v) is 9.93. The van der Waals surface area contributed by atoms with E-state index in [-0.39, 0.29) is 6.61 Å². The lowest BCUT2D eigenvalue weighted by molar-refractivity contribution is 0.0514. The minimum atomic E-state index is -0.520. The lowest BCUT2D eigenvalue weighted by atomic mass is 10.2. The second kappa shape index (κ2) is 5.12. The fraction of sp³-hybridized carbons (Fsp3) is 0.636. The fourth-order valence-electron chi connectivity index (χ4n) is 1.17. The van der Waals surface area contributed by atoms with Gasteiger partial charge in [0.15, 0.2) is 0 Å². The Kier molecular flexibility index (Phi) is 4.06. The molecule has 0 atom stereocenters. The molecule has 0 aliphatic heterocycles. The molecular weight excluding hydrogens is 208 g/mol. The molecule has 0 bridgehead atoms. The first kappa shape index (κ1) is 12.7. The maximum Gasteiger partial charge on any atom is 0.435 e. The molecule has 1 N–H and O–H groups in total. The van der Waals surface area contributed by atoms with Crippen molar-refractivity contribution < 1.29 is 14.6 Å². The largest absolute Gasteiger partial charge is 0.442 e. The van der Waals surface area contributed by atoms with Gasteiger partial charge in [-0.25, -0.2) is 4.79 Å². The van der Waals surface area contributed by atoms with Crippen LogP contribution in [0.2, 0.25) is 0 Å². The van der Waals surface area contributed by atoms with Crippen molar-refractivity contribution in [1.82, 2.24) is 9.78 Å². The molecule has 1 heterocycles. The Labute approximate surface area is 95.0 Å². The van der Waals surface area contributed by atoms with Crippen LogP contribution in [0, 0.1) is 0 Å². The van der Waals surface area contributed by atoms with E-state index >= 15 is 0 Å². The molecule has 1 aromatic heterocycles. The molecule has 0 saturated carbocycles. The summed E-state index contributed by atoms with van der Waals surface area (Å²) in [4.78, 5) is 11.6. The summed E-state index contributed by atoms with van der Waals surface area (Å²) in [6.45, 7) is 5.54. The highest BCUT2D eigenvalue weighted by molar-refractivity contribution is 5.69. The van der Waals surface area contributed by atoms with E-state index in [0.29, 0.717) is 12.8 Å². The monoisotopic (exact) mass is 226 g/mol. The first-order valence-electron chi connectivity index (χ1n) is 5.31. The van der Waals surface area contributed by atoms with E-state index in [9.17, 15) is 4.79 Å². The van der Waals surface area contributed by atoms with Crippen LogP contribution in [0.3, 0.4) is 0 Å². The van der Waals surface area contributed by atoms with E-state index in [2.05, 4.69) is 5.10 Å². The first-order valence-corrected chi connectivity index (χ1v) is 5.31. The summed E-state index contributed by atoms with van der Waals surface area (Å²) >= 11 is 0. The van der Waals surface area contributed by atoms with Gasteiger partial charge in [-0.1, -0.05) is 0 Å². The number of aliphatic hydroxyl groups excluding tert-OH is 1. The van der Waals surface area contributed by atoms with Gasteiger partial charge in [0.05, 0.1) is 5.69 Å². The van der Waals surface area contributed by atoms with Gasteiger partial charge >= 0.3 is 6.09 Å². The van der Waals surface area contributed by atoms with Crippen molar-refractivity contribution >= 4 is 6.09 Å². The van der Waals surface area contributed by atoms with E-state index in [4.69, 9.17) is 9.84 Å². The summed E-state index contributed by atoms with van der Waals surface area (Å²) < 4.78 is 6.33. The van der Waals surface area contributed by atoms with Crippen molar-refractivity contribution in [1.29, 1.82) is 0 Å². The average Bonchev–Trinajstić information content (AvgIpc) is 2.60. The number of rotatable bonds is 3. The number of carbonyl (C=O) groups excluding carboxylic acids is 1. The predicted octanol–water partition coefficient (Wildman–Crippen LogP) is 1.59. The van der Waals surface area contributed by atoms with Crippen molar-refractivity contribution in [2.24, 2.45) is 0 Å². The summed E-state index contributed by atoms with van der Waals surface area (Å²) in [7, 11) is 0. The Morgan fingerprint density at radius 2 is 2.25 bits per heavy atom. The van der Waals surface area contributed by atoms with Crippen LogP contribution in [0.15, 0.2) is 12.3 Å². The van der Waals surface area contributed by atoms with Crippen molar-refractivity contribution in [3.05, 3.63) is 18.0 Å². The quantitative estimate of drug-likeness (QED) is 0.850. The topological polar surface area (TPSA) is 64.3 Å². The van der Waals surface area contributed by atoms with Crippen LogP contribution < -0.4 is 0 Å². The molecule has 1 rings (SSSR count). The molecule has 0 aliphatic carbocycles. The standard InChI is InChI=1S/C11H18N2O3/c1-11(2,3)16-10(15)13-7-6-9(12-13)5-4-8-14/h6-7,14H,4-5,8H2,1-3H3. The summed E-state index contributed by atoms with van der Waals surface area (Å²) in [6, 6.07) is 1.75.